The third kappa shape index (κ3) is 6.33. The van der Waals surface area contributed by atoms with Crippen LogP contribution in [-0.2, 0) is 6.42 Å². The Labute approximate surface area is 247 Å². The van der Waals surface area contributed by atoms with Crippen LogP contribution in [0.5, 0.6) is 11.5 Å². The number of piperazine rings is 1. The third-order valence-electron chi connectivity index (χ3n) is 8.28. The Morgan fingerprint density at radius 2 is 1.62 bits per heavy atom. The van der Waals surface area contributed by atoms with Gasteiger partial charge in [-0.05, 0) is 57.5 Å². The predicted molar refractivity (Wildman–Crippen MR) is 167 cm³/mol. The van der Waals surface area contributed by atoms with Crippen molar-refractivity contribution in [2.24, 2.45) is 5.92 Å². The van der Waals surface area contributed by atoms with Gasteiger partial charge in [0.15, 0.2) is 11.5 Å². The molecule has 2 aliphatic heterocycles. The van der Waals surface area contributed by atoms with E-state index in [4.69, 9.17) is 20.2 Å². The summed E-state index contributed by atoms with van der Waals surface area (Å²) in [7, 11) is 2.18. The first-order valence-electron chi connectivity index (χ1n) is 15.0. The van der Waals surface area contributed by atoms with Crippen LogP contribution in [-0.4, -0.2) is 84.4 Å². The number of nitrogens with two attached hydrogens (primary N) is 1. The van der Waals surface area contributed by atoms with Crippen molar-refractivity contribution in [3.63, 3.8) is 0 Å². The Morgan fingerprint density at radius 1 is 0.881 bits per heavy atom. The first-order chi connectivity index (χ1) is 20.6. The second-order valence-electron chi connectivity index (χ2n) is 11.2. The fraction of sp³-hybridized carbons (Fsp3) is 0.438. The number of anilines is 3. The van der Waals surface area contributed by atoms with E-state index in [0.717, 1.165) is 92.3 Å². The van der Waals surface area contributed by atoms with E-state index in [9.17, 15) is 0 Å². The molecule has 0 radical (unpaired) electrons. The van der Waals surface area contributed by atoms with Gasteiger partial charge in [-0.2, -0.15) is 4.98 Å². The Kier molecular flexibility index (Phi) is 8.50. The van der Waals surface area contributed by atoms with Crippen LogP contribution < -0.4 is 25.0 Å². The normalized spacial score (nSPS) is 16.6. The number of rotatable bonds is 9. The fourth-order valence-corrected chi connectivity index (χ4v) is 5.75. The van der Waals surface area contributed by atoms with Crippen molar-refractivity contribution in [1.29, 1.82) is 0 Å². The van der Waals surface area contributed by atoms with Gasteiger partial charge in [-0.15, -0.1) is 0 Å². The van der Waals surface area contributed by atoms with Gasteiger partial charge in [-0.3, -0.25) is 0 Å². The monoisotopic (exact) mass is 568 g/mol. The number of aromatic nitrogens is 4. The molecule has 2 fully saturated rings. The molecule has 4 heterocycles. The molecule has 0 spiro atoms. The van der Waals surface area contributed by atoms with Crippen molar-refractivity contribution in [3.05, 3.63) is 66.1 Å². The van der Waals surface area contributed by atoms with Crippen LogP contribution in [0, 0.1) is 5.92 Å². The molecule has 0 aliphatic carbocycles. The fourth-order valence-electron chi connectivity index (χ4n) is 5.75. The molecule has 10 heteroatoms. The molecule has 220 valence electrons. The topological polar surface area (TPSA) is 106 Å². The van der Waals surface area contributed by atoms with Gasteiger partial charge in [0.25, 0.3) is 0 Å². The predicted octanol–water partition coefficient (Wildman–Crippen LogP) is 4.04. The summed E-state index contributed by atoms with van der Waals surface area (Å²) in [6.07, 6.45) is 6.51. The third-order valence-corrected chi connectivity index (χ3v) is 8.28. The molecule has 0 atom stereocenters. The molecule has 4 aromatic rings. The lowest BCUT2D eigenvalue weighted by atomic mass is 9.98. The molecule has 2 aliphatic rings. The minimum absolute atomic E-state index is 0.533. The van der Waals surface area contributed by atoms with Gasteiger partial charge < -0.3 is 29.9 Å². The zero-order valence-electron chi connectivity index (χ0n) is 24.6. The summed E-state index contributed by atoms with van der Waals surface area (Å²) in [6.45, 7) is 8.56. The van der Waals surface area contributed by atoms with Crippen LogP contribution in [0.4, 0.5) is 17.6 Å². The summed E-state index contributed by atoms with van der Waals surface area (Å²) in [5.74, 6) is 4.16. The lowest BCUT2D eigenvalue weighted by molar-refractivity contribution is 0.156. The Hall–Kier alpha value is -4.18. The zero-order valence-corrected chi connectivity index (χ0v) is 24.6. The molecule has 6 rings (SSSR count). The second kappa shape index (κ2) is 12.8. The van der Waals surface area contributed by atoms with E-state index in [0.29, 0.717) is 30.9 Å². The lowest BCUT2D eigenvalue weighted by Crippen LogP contribution is -2.47. The van der Waals surface area contributed by atoms with Crippen molar-refractivity contribution in [3.8, 4) is 11.5 Å². The smallest absolute Gasteiger partial charge is 0.227 e. The molecule has 2 N–H and O–H groups in total. The minimum atomic E-state index is 0.533. The quantitative estimate of drug-likeness (QED) is 0.318. The van der Waals surface area contributed by atoms with Crippen LogP contribution in [0.25, 0.3) is 10.9 Å². The number of nitrogens with zero attached hydrogens (tertiary/aromatic N) is 7. The summed E-state index contributed by atoms with van der Waals surface area (Å²) >= 11 is 0. The van der Waals surface area contributed by atoms with Gasteiger partial charge in [-0.1, -0.05) is 30.3 Å². The molecule has 2 saturated heterocycles. The summed E-state index contributed by atoms with van der Waals surface area (Å²) in [6, 6.07) is 14.3. The molecule has 10 nitrogen and oxygen atoms in total. The van der Waals surface area contributed by atoms with E-state index in [1.54, 1.807) is 6.33 Å². The number of likely N-dealkylation sites (tertiary alicyclic amines) is 1. The standard InChI is InChI=1S/C32H40N8O2/c1-3-41-29-19-27-26(18-28(29)42-21-24-9-11-38(2)12-10-24)31(36-22-35-27)39-13-15-40(16-14-39)32-34-20-25(30(33)37-32)17-23-7-5-4-6-8-23/h4-8,18-20,22,24H,3,9-17,21H2,1-2H3,(H2,33,34,37). The highest BCUT2D eigenvalue weighted by Crippen LogP contribution is 2.36. The largest absolute Gasteiger partial charge is 0.490 e. The van der Waals surface area contributed by atoms with Crippen molar-refractivity contribution in [2.45, 2.75) is 26.2 Å². The SMILES string of the molecule is CCOc1cc2ncnc(N3CCN(c4ncc(Cc5ccccc5)c(N)n4)CC3)c2cc1OCC1CCN(C)CC1. The van der Waals surface area contributed by atoms with Crippen LogP contribution in [0.3, 0.4) is 0 Å². The second-order valence-corrected chi connectivity index (χ2v) is 11.2. The highest BCUT2D eigenvalue weighted by atomic mass is 16.5. The van der Waals surface area contributed by atoms with Crippen LogP contribution in [0.2, 0.25) is 0 Å². The molecular formula is C32H40N8O2. The number of nitrogen functional groups attached to an aromatic ring is 1. The molecular weight excluding hydrogens is 528 g/mol. The maximum atomic E-state index is 6.39. The summed E-state index contributed by atoms with van der Waals surface area (Å²) < 4.78 is 12.4. The first-order valence-corrected chi connectivity index (χ1v) is 15.0. The molecule has 42 heavy (non-hydrogen) atoms. The highest BCUT2D eigenvalue weighted by Gasteiger charge is 2.24. The molecule has 0 bridgehead atoms. The van der Waals surface area contributed by atoms with Crippen LogP contribution in [0.15, 0.2) is 55.0 Å². The Bertz CT molecular complexity index is 1490. The Balaban J connectivity index is 1.15. The number of fused-ring (bicyclic) bond motifs is 1. The van der Waals surface area contributed by atoms with E-state index >= 15 is 0 Å². The van der Waals surface area contributed by atoms with Crippen molar-refractivity contribution < 1.29 is 9.47 Å². The first kappa shape index (κ1) is 28.0. The maximum Gasteiger partial charge on any atom is 0.227 e. The van der Waals surface area contributed by atoms with E-state index < -0.39 is 0 Å². The van der Waals surface area contributed by atoms with Crippen molar-refractivity contribution >= 4 is 28.5 Å². The molecule has 0 amide bonds. The molecule has 2 aromatic heterocycles. The average Bonchev–Trinajstić information content (AvgIpc) is 3.02. The Morgan fingerprint density at radius 3 is 2.36 bits per heavy atom. The number of hydrogen-bond donors (Lipinski definition) is 1. The van der Waals surface area contributed by atoms with Gasteiger partial charge >= 0.3 is 0 Å². The van der Waals surface area contributed by atoms with E-state index in [2.05, 4.69) is 54.9 Å². The molecule has 2 aromatic carbocycles. The van der Waals surface area contributed by atoms with E-state index in [-0.39, 0.29) is 0 Å². The van der Waals surface area contributed by atoms with Gasteiger partial charge in [-0.25, -0.2) is 15.0 Å². The average molecular weight is 569 g/mol. The number of benzene rings is 2. The summed E-state index contributed by atoms with van der Waals surface area (Å²) in [5, 5.41) is 0.971. The summed E-state index contributed by atoms with van der Waals surface area (Å²) in [5.41, 5.74) is 9.33. The highest BCUT2D eigenvalue weighted by molar-refractivity contribution is 5.92. The molecule has 0 saturated carbocycles. The van der Waals surface area contributed by atoms with Crippen LogP contribution >= 0.6 is 0 Å². The summed E-state index contributed by atoms with van der Waals surface area (Å²) in [4.78, 5) is 25.5. The number of ether oxygens (including phenoxy) is 2. The number of piperidine rings is 1. The van der Waals surface area contributed by atoms with Crippen molar-refractivity contribution in [1.82, 2.24) is 24.8 Å². The van der Waals surface area contributed by atoms with Gasteiger partial charge in [0.2, 0.25) is 5.95 Å². The van der Waals surface area contributed by atoms with E-state index in [1.807, 2.05) is 37.4 Å². The zero-order chi connectivity index (χ0) is 28.9. The van der Waals surface area contributed by atoms with Gasteiger partial charge in [0, 0.05) is 55.8 Å². The van der Waals surface area contributed by atoms with Gasteiger partial charge in [0.1, 0.15) is 18.0 Å². The number of hydrogen-bond acceptors (Lipinski definition) is 10. The van der Waals surface area contributed by atoms with Crippen LogP contribution in [0.1, 0.15) is 30.9 Å². The van der Waals surface area contributed by atoms with E-state index in [1.165, 1.54) is 5.56 Å². The maximum absolute atomic E-state index is 6.39. The van der Waals surface area contributed by atoms with Crippen molar-refractivity contribution in [2.75, 3.05) is 75.1 Å². The molecule has 0 unspecified atom stereocenters. The lowest BCUT2D eigenvalue weighted by Gasteiger charge is -2.36. The van der Waals surface area contributed by atoms with Gasteiger partial charge in [0.05, 0.1) is 18.7 Å². The minimum Gasteiger partial charge on any atom is -0.490 e.